The Hall–Kier alpha value is -2.12. The molecule has 4 atom stereocenters. The minimum absolute atomic E-state index is 0.0562. The smallest absolute Gasteiger partial charge is 0.336 e. The highest BCUT2D eigenvalue weighted by Gasteiger charge is 2.53. The fourth-order valence-electron chi connectivity index (χ4n) is 3.01. The Bertz CT molecular complexity index is 579. The van der Waals surface area contributed by atoms with Gasteiger partial charge in [-0.05, 0) is 36.1 Å². The molecule has 0 spiro atoms. The van der Waals surface area contributed by atoms with Crippen LogP contribution in [0.1, 0.15) is 5.56 Å². The first kappa shape index (κ1) is 15.8. The van der Waals surface area contributed by atoms with Crippen LogP contribution in [-0.4, -0.2) is 55.9 Å². The van der Waals surface area contributed by atoms with E-state index in [0.717, 1.165) is 18.7 Å². The summed E-state index contributed by atoms with van der Waals surface area (Å²) in [5.41, 5.74) is 0.789. The molecule has 0 radical (unpaired) electrons. The number of rotatable bonds is 7. The first-order chi connectivity index (χ1) is 11.1. The summed E-state index contributed by atoms with van der Waals surface area (Å²) < 4.78 is 10.2. The maximum Gasteiger partial charge on any atom is 0.336 e. The van der Waals surface area contributed by atoms with Gasteiger partial charge in [0.2, 0.25) is 0 Å². The van der Waals surface area contributed by atoms with Gasteiger partial charge in [0.15, 0.2) is 6.10 Å². The second-order valence-electron chi connectivity index (χ2n) is 5.93. The maximum absolute atomic E-state index is 10.8. The van der Waals surface area contributed by atoms with E-state index in [1.54, 1.807) is 24.3 Å². The minimum Gasteiger partial charge on any atom is -0.490 e. The van der Waals surface area contributed by atoms with Gasteiger partial charge in [-0.3, -0.25) is 5.41 Å². The molecule has 124 valence electrons. The molecule has 0 aromatic heterocycles. The number of amidine groups is 1. The van der Waals surface area contributed by atoms with Crippen molar-refractivity contribution < 1.29 is 19.4 Å². The van der Waals surface area contributed by atoms with E-state index in [2.05, 4.69) is 10.6 Å². The number of carboxylic acids is 1. The van der Waals surface area contributed by atoms with E-state index in [-0.39, 0.29) is 6.61 Å². The van der Waals surface area contributed by atoms with Crippen molar-refractivity contribution >= 4 is 11.8 Å². The van der Waals surface area contributed by atoms with Gasteiger partial charge in [-0.2, -0.15) is 0 Å². The lowest BCUT2D eigenvalue weighted by Gasteiger charge is -2.13. The normalized spacial score (nSPS) is 26.2. The van der Waals surface area contributed by atoms with Crippen LogP contribution in [0.4, 0.5) is 0 Å². The van der Waals surface area contributed by atoms with Gasteiger partial charge < -0.3 is 25.2 Å². The predicted molar refractivity (Wildman–Crippen MR) is 84.0 cm³/mol. The van der Waals surface area contributed by atoms with Crippen LogP contribution in [0.15, 0.2) is 24.3 Å². The van der Waals surface area contributed by atoms with Crippen molar-refractivity contribution in [3.05, 3.63) is 29.8 Å². The number of carboxylic acid groups (broad SMARTS) is 1. The molecule has 7 nitrogen and oxygen atoms in total. The SMILES string of the molecule is CO[C@@H](COc1ccc(C(=N)N[C@H]2[C@@H]3CNC[C@@H]32)cc1)C(=O)O. The third kappa shape index (κ3) is 3.46. The molecule has 1 aliphatic heterocycles. The van der Waals surface area contributed by atoms with E-state index in [9.17, 15) is 4.79 Å². The van der Waals surface area contributed by atoms with Crippen molar-refractivity contribution in [2.75, 3.05) is 26.8 Å². The first-order valence-corrected chi connectivity index (χ1v) is 7.65. The van der Waals surface area contributed by atoms with Crippen molar-refractivity contribution in [3.63, 3.8) is 0 Å². The van der Waals surface area contributed by atoms with E-state index in [1.165, 1.54) is 7.11 Å². The molecular weight excluding hydrogens is 298 g/mol. The van der Waals surface area contributed by atoms with Crippen LogP contribution in [0.3, 0.4) is 0 Å². The molecule has 0 unspecified atom stereocenters. The Morgan fingerprint density at radius 1 is 1.39 bits per heavy atom. The lowest BCUT2D eigenvalue weighted by Crippen LogP contribution is -2.32. The highest BCUT2D eigenvalue weighted by Crippen LogP contribution is 2.41. The second kappa shape index (κ2) is 6.55. The number of aliphatic carboxylic acids is 1. The fourth-order valence-corrected chi connectivity index (χ4v) is 3.01. The molecule has 1 aliphatic carbocycles. The van der Waals surface area contributed by atoms with Crippen molar-refractivity contribution in [2.24, 2.45) is 11.8 Å². The van der Waals surface area contributed by atoms with Crippen LogP contribution in [0.25, 0.3) is 0 Å². The van der Waals surface area contributed by atoms with Crippen molar-refractivity contribution in [1.29, 1.82) is 5.41 Å². The number of hydrogen-bond acceptors (Lipinski definition) is 5. The Balaban J connectivity index is 1.50. The Kier molecular flexibility index (Phi) is 4.49. The van der Waals surface area contributed by atoms with Crippen LogP contribution in [-0.2, 0) is 9.53 Å². The summed E-state index contributed by atoms with van der Waals surface area (Å²) in [6.07, 6.45) is -0.988. The van der Waals surface area contributed by atoms with Gasteiger partial charge in [0, 0.05) is 31.8 Å². The molecule has 2 aliphatic rings. The van der Waals surface area contributed by atoms with Crippen LogP contribution in [0.5, 0.6) is 5.75 Å². The monoisotopic (exact) mass is 319 g/mol. The van der Waals surface area contributed by atoms with Gasteiger partial charge in [0.1, 0.15) is 18.2 Å². The number of ether oxygens (including phenoxy) is 2. The van der Waals surface area contributed by atoms with Gasteiger partial charge in [0.05, 0.1) is 0 Å². The zero-order valence-corrected chi connectivity index (χ0v) is 12.9. The van der Waals surface area contributed by atoms with E-state index >= 15 is 0 Å². The molecule has 7 heteroatoms. The lowest BCUT2D eigenvalue weighted by molar-refractivity contribution is -0.150. The standard InChI is InChI=1S/C16H21N3O4/c1-22-13(16(20)21)8-23-10-4-2-9(3-5-10)15(17)19-14-11-6-18-7-12(11)14/h2-5,11-14,18H,6-8H2,1H3,(H2,17,19)(H,20,21)/t11-,12+,13-,14+/m0/s1. The van der Waals surface area contributed by atoms with Crippen molar-refractivity contribution in [1.82, 2.24) is 10.6 Å². The molecular formula is C16H21N3O4. The van der Waals surface area contributed by atoms with Gasteiger partial charge >= 0.3 is 5.97 Å². The van der Waals surface area contributed by atoms with E-state index < -0.39 is 12.1 Å². The van der Waals surface area contributed by atoms with Gasteiger partial charge in [0.25, 0.3) is 0 Å². The van der Waals surface area contributed by atoms with Gasteiger partial charge in [-0.15, -0.1) is 0 Å². The highest BCUT2D eigenvalue weighted by atomic mass is 16.5. The average Bonchev–Trinajstić information content (AvgIpc) is 2.97. The topological polar surface area (TPSA) is 104 Å². The molecule has 23 heavy (non-hydrogen) atoms. The summed E-state index contributed by atoms with van der Waals surface area (Å²) in [5.74, 6) is 1.22. The summed E-state index contributed by atoms with van der Waals surface area (Å²) in [5, 5.41) is 23.6. The fraction of sp³-hybridized carbons (Fsp3) is 0.500. The van der Waals surface area contributed by atoms with Crippen molar-refractivity contribution in [2.45, 2.75) is 12.1 Å². The molecule has 1 saturated heterocycles. The zero-order valence-electron chi connectivity index (χ0n) is 12.9. The number of fused-ring (bicyclic) bond motifs is 1. The largest absolute Gasteiger partial charge is 0.490 e. The van der Waals surface area contributed by atoms with Crippen LogP contribution in [0.2, 0.25) is 0 Å². The molecule has 4 N–H and O–H groups in total. The lowest BCUT2D eigenvalue weighted by atomic mass is 10.2. The van der Waals surface area contributed by atoms with Gasteiger partial charge in [-0.25, -0.2) is 4.79 Å². The minimum atomic E-state index is -1.06. The summed E-state index contributed by atoms with van der Waals surface area (Å²) in [4.78, 5) is 10.8. The Morgan fingerprint density at radius 3 is 2.61 bits per heavy atom. The third-order valence-corrected chi connectivity index (χ3v) is 4.51. The van der Waals surface area contributed by atoms with Crippen LogP contribution < -0.4 is 15.4 Å². The molecule has 0 amide bonds. The molecule has 3 rings (SSSR count). The molecule has 1 aromatic rings. The quantitative estimate of drug-likeness (QED) is 0.426. The summed E-state index contributed by atoms with van der Waals surface area (Å²) in [6.45, 7) is 2.01. The summed E-state index contributed by atoms with van der Waals surface area (Å²) in [7, 11) is 1.33. The number of methoxy groups -OCH3 is 1. The molecule has 1 heterocycles. The predicted octanol–water partition coefficient (Wildman–Crippen LogP) is 0.298. The average molecular weight is 319 g/mol. The van der Waals surface area contributed by atoms with Crippen LogP contribution >= 0.6 is 0 Å². The molecule has 1 saturated carbocycles. The number of benzene rings is 1. The Morgan fingerprint density at radius 2 is 2.04 bits per heavy atom. The summed E-state index contributed by atoms with van der Waals surface area (Å²) >= 11 is 0. The van der Waals surface area contributed by atoms with E-state index in [1.807, 2.05) is 0 Å². The van der Waals surface area contributed by atoms with E-state index in [4.69, 9.17) is 20.0 Å². The molecule has 2 fully saturated rings. The van der Waals surface area contributed by atoms with E-state index in [0.29, 0.717) is 29.5 Å². The summed E-state index contributed by atoms with van der Waals surface area (Å²) in [6, 6.07) is 7.47. The molecule has 0 bridgehead atoms. The van der Waals surface area contributed by atoms with Crippen LogP contribution in [0, 0.1) is 17.2 Å². The molecule has 1 aromatic carbocycles. The number of hydrogen-bond donors (Lipinski definition) is 4. The highest BCUT2D eigenvalue weighted by molar-refractivity contribution is 5.96. The van der Waals surface area contributed by atoms with Crippen molar-refractivity contribution in [3.8, 4) is 5.75 Å². The number of nitrogens with one attached hydrogen (secondary N) is 3. The first-order valence-electron chi connectivity index (χ1n) is 7.65. The second-order valence-corrected chi connectivity index (χ2v) is 5.93. The number of carbonyl (C=O) groups is 1. The maximum atomic E-state index is 10.8. The zero-order chi connectivity index (χ0) is 16.4. The Labute approximate surface area is 134 Å². The number of piperidine rings is 1. The third-order valence-electron chi connectivity index (χ3n) is 4.51. The van der Waals surface area contributed by atoms with Gasteiger partial charge in [-0.1, -0.05) is 0 Å².